The van der Waals surface area contributed by atoms with Crippen LogP contribution in [0.15, 0.2) is 36.4 Å². The minimum Gasteiger partial charge on any atom is -0.384 e. The Bertz CT molecular complexity index is 2610. The Labute approximate surface area is 417 Å². The van der Waals surface area contributed by atoms with Crippen molar-refractivity contribution in [2.75, 3.05) is 25.0 Å². The second-order valence-electron chi connectivity index (χ2n) is 13.0. The number of carbonyl (C=O) groups is 8. The SMILES string of the molecule is C.CCCCCN.NCCCCNc1cccc2c1C(=O)N(C1CCC(=O)NC1=O)C2=O.O=C1CCC(N2C(=O)c3cccc(F)c3C2=O)C(=O)N1.S=S=S=S=S=S=S=S=S=S=S=S=S. The number of nitrogens with two attached hydrogens (primary N) is 2. The van der Waals surface area contributed by atoms with E-state index >= 15 is 0 Å². The van der Waals surface area contributed by atoms with Gasteiger partial charge in [-0.1, -0.05) is 39.3 Å². The number of hydrogen-bond donors (Lipinski definition) is 5. The fourth-order valence-electron chi connectivity index (χ4n) is 6.12. The van der Waals surface area contributed by atoms with Crippen molar-refractivity contribution in [3.8, 4) is 0 Å². The summed E-state index contributed by atoms with van der Waals surface area (Å²) in [5.41, 5.74) is 11.4. The Balaban J connectivity index is 0.000000325. The molecule has 0 aliphatic carbocycles. The molecule has 2 aromatic carbocycles. The van der Waals surface area contributed by atoms with Crippen LogP contribution < -0.4 is 27.4 Å². The molecule has 4 aliphatic heterocycles. The molecule has 65 heavy (non-hydrogen) atoms. The van der Waals surface area contributed by atoms with Gasteiger partial charge in [0, 0.05) is 145 Å². The van der Waals surface area contributed by atoms with Crippen molar-refractivity contribution in [3.63, 3.8) is 0 Å². The molecule has 4 aliphatic rings. The molecule has 0 bridgehead atoms. The maximum absolute atomic E-state index is 13.7. The van der Waals surface area contributed by atoms with Crippen molar-refractivity contribution in [1.82, 2.24) is 20.4 Å². The van der Waals surface area contributed by atoms with Gasteiger partial charge >= 0.3 is 0 Å². The molecule has 2 unspecified atom stereocenters. The number of benzene rings is 2. The molecular weight excluding hydrogens is 1090 g/mol. The molecule has 7 N–H and O–H groups in total. The van der Waals surface area contributed by atoms with Crippen LogP contribution in [0.5, 0.6) is 0 Å². The Kier molecular flexibility index (Phi) is 29.1. The van der Waals surface area contributed by atoms with E-state index in [-0.39, 0.29) is 61.3 Å². The first kappa shape index (κ1) is 58.6. The highest BCUT2D eigenvalue weighted by Gasteiger charge is 2.47. The Morgan fingerprint density at radius 2 is 1.06 bits per heavy atom. The molecule has 15 nitrogen and oxygen atoms in total. The highest BCUT2D eigenvalue weighted by Crippen LogP contribution is 2.33. The first-order valence-electron chi connectivity index (χ1n) is 18.9. The molecule has 2 atom stereocenters. The summed E-state index contributed by atoms with van der Waals surface area (Å²) in [4.78, 5) is 97.7. The average Bonchev–Trinajstić information content (AvgIpc) is 3.69. The van der Waals surface area contributed by atoms with E-state index in [9.17, 15) is 42.7 Å². The number of unbranched alkanes of at least 4 members (excludes halogenated alkanes) is 3. The van der Waals surface area contributed by atoms with Crippen molar-refractivity contribution in [1.29, 1.82) is 0 Å². The topological polar surface area (TPSA) is 231 Å². The molecule has 2 saturated heterocycles. The van der Waals surface area contributed by atoms with Crippen molar-refractivity contribution in [3.05, 3.63) is 64.5 Å². The van der Waals surface area contributed by atoms with Crippen LogP contribution in [0.2, 0.25) is 0 Å². The van der Waals surface area contributed by atoms with Crippen molar-refractivity contribution < 1.29 is 42.7 Å². The lowest BCUT2D eigenvalue weighted by molar-refractivity contribution is -0.137. The molecule has 2 fully saturated rings. The Morgan fingerprint density at radius 3 is 1.48 bits per heavy atom. The lowest BCUT2D eigenvalue weighted by Gasteiger charge is -2.27. The van der Waals surface area contributed by atoms with Crippen LogP contribution in [0.4, 0.5) is 10.1 Å². The van der Waals surface area contributed by atoms with Crippen LogP contribution in [-0.2, 0) is 139 Å². The summed E-state index contributed by atoms with van der Waals surface area (Å²) in [5.74, 6) is -5.50. The van der Waals surface area contributed by atoms with Gasteiger partial charge in [-0.15, -0.1) is 0 Å². The third kappa shape index (κ3) is 17.8. The number of rotatable bonds is 10. The van der Waals surface area contributed by atoms with Crippen LogP contribution in [0, 0.1) is 5.82 Å². The lowest BCUT2D eigenvalue weighted by atomic mass is 10.0. The van der Waals surface area contributed by atoms with Crippen LogP contribution in [0.25, 0.3) is 0 Å². The molecule has 0 saturated carbocycles. The first-order chi connectivity index (χ1) is 30.9. The summed E-state index contributed by atoms with van der Waals surface area (Å²) in [7, 11) is 18.1. The monoisotopic (exact) mass is 1140 g/mol. The molecule has 358 valence electrons. The number of fused-ring (bicyclic) bond motifs is 2. The second kappa shape index (κ2) is 32.3. The molecule has 2 aromatic rings. The Morgan fingerprint density at radius 1 is 0.631 bits per heavy atom. The summed E-state index contributed by atoms with van der Waals surface area (Å²) in [6, 6.07) is 6.74. The van der Waals surface area contributed by atoms with Gasteiger partial charge in [-0.2, -0.15) is 0 Å². The summed E-state index contributed by atoms with van der Waals surface area (Å²) >= 11 is 9.40. The molecule has 4 heterocycles. The lowest BCUT2D eigenvalue weighted by Crippen LogP contribution is -2.54. The zero-order valence-corrected chi connectivity index (χ0v) is 44.2. The molecule has 8 amide bonds. The van der Waals surface area contributed by atoms with Gasteiger partial charge in [0.1, 0.15) is 17.9 Å². The molecule has 0 radical (unpaired) electrons. The average molecular weight is 1140 g/mol. The van der Waals surface area contributed by atoms with Gasteiger partial charge in [-0.3, -0.25) is 58.8 Å². The fourth-order valence-corrected chi connectivity index (χ4v) is 30.8. The van der Waals surface area contributed by atoms with E-state index in [1.165, 1.54) is 49.2 Å². The van der Waals surface area contributed by atoms with E-state index < -0.39 is 59.3 Å². The summed E-state index contributed by atoms with van der Waals surface area (Å²) in [6.45, 7) is 4.26. The molecular formula is C36H46FN7O8S13. The zero-order chi connectivity index (χ0) is 47.0. The van der Waals surface area contributed by atoms with Crippen LogP contribution in [-0.4, -0.2) is 88.8 Å². The number of carbonyl (C=O) groups excluding carboxylic acids is 8. The van der Waals surface area contributed by atoms with Crippen molar-refractivity contribution in [2.45, 2.75) is 84.2 Å². The maximum atomic E-state index is 13.7. The number of anilines is 1. The highest BCUT2D eigenvalue weighted by molar-refractivity contribution is 8.75. The normalized spacial score (nSPS) is 16.7. The van der Waals surface area contributed by atoms with Crippen molar-refractivity contribution in [2.24, 2.45) is 11.5 Å². The third-order valence-corrected chi connectivity index (χ3v) is 31.1. The summed E-state index contributed by atoms with van der Waals surface area (Å²) in [6.07, 6.45) is 5.80. The number of imide groups is 4. The number of nitrogens with one attached hydrogen (secondary N) is 3. The van der Waals surface area contributed by atoms with Gasteiger partial charge in [-0.25, -0.2) is 4.39 Å². The maximum Gasteiger partial charge on any atom is 0.265 e. The smallest absolute Gasteiger partial charge is 0.265 e. The minimum absolute atomic E-state index is 0. The molecule has 6 rings (SSSR count). The number of nitrogens with zero attached hydrogens (tertiary/aromatic N) is 2. The zero-order valence-electron chi connectivity index (χ0n) is 33.6. The van der Waals surface area contributed by atoms with Gasteiger partial charge < -0.3 is 16.8 Å². The number of amides is 8. The Hall–Kier alpha value is -2.49. The van der Waals surface area contributed by atoms with Gasteiger partial charge in [0.25, 0.3) is 23.6 Å². The van der Waals surface area contributed by atoms with Gasteiger partial charge in [0.05, 0.1) is 22.3 Å². The largest absolute Gasteiger partial charge is 0.384 e. The van der Waals surface area contributed by atoms with Crippen molar-refractivity contribution >= 4 is 173 Å². The van der Waals surface area contributed by atoms with E-state index in [0.29, 0.717) is 18.8 Å². The number of halogens is 1. The van der Waals surface area contributed by atoms with E-state index in [2.05, 4.69) is 22.9 Å². The van der Waals surface area contributed by atoms with Gasteiger partial charge in [-0.05, 0) is 69.5 Å². The standard InChI is InChI=1S/C17H20N4O4.C13H9FN2O4.C5H13N.CH4.S13/c18-8-1-2-9-19-11-5-3-4-10-14(11)17(25)21(16(10)24)12-6-7-13(22)20-15(12)23;14-7-3-1-2-6-10(7)13(20)16(12(6)19)8-4-5-9(17)15-11(8)18;1-2-3-4-5-6;;1-3-5-7-9-11-13-12-10-8-6-4-2/h3-5,12,19H,1-2,6-9,18H2,(H,20,22,23);1-3,8H,4-5H2,(H,15,17,18);2-6H2,1H3;1H4;. The second-order valence-corrected chi connectivity index (χ2v) is 32.4. The summed E-state index contributed by atoms with van der Waals surface area (Å²) in [5, 5.41) is 7.42. The highest BCUT2D eigenvalue weighted by atomic mass is 33.5. The predicted molar refractivity (Wildman–Crippen MR) is 284 cm³/mol. The number of piperidine rings is 2. The van der Waals surface area contributed by atoms with E-state index in [0.717, 1.165) is 35.3 Å². The van der Waals surface area contributed by atoms with E-state index in [1.54, 1.807) is 98.1 Å². The fraction of sp³-hybridized carbons (Fsp3) is 0.444. The third-order valence-electron chi connectivity index (χ3n) is 8.92. The van der Waals surface area contributed by atoms with Gasteiger partial charge in [0.2, 0.25) is 23.6 Å². The predicted octanol–water partition coefficient (Wildman–Crippen LogP) is 2.21. The van der Waals surface area contributed by atoms with Crippen LogP contribution >= 0.6 is 0 Å². The molecule has 0 aromatic heterocycles. The van der Waals surface area contributed by atoms with Crippen LogP contribution in [0.1, 0.15) is 114 Å². The van der Waals surface area contributed by atoms with E-state index in [4.69, 9.17) is 33.8 Å². The summed E-state index contributed by atoms with van der Waals surface area (Å²) < 4.78 is 13.7. The number of hydrogen-bond acceptors (Lipinski definition) is 13. The van der Waals surface area contributed by atoms with E-state index in [1.807, 2.05) is 0 Å². The van der Waals surface area contributed by atoms with Crippen LogP contribution in [0.3, 0.4) is 0 Å². The minimum atomic E-state index is -1.07. The molecule has 29 heteroatoms. The first-order valence-corrected chi connectivity index (χ1v) is 34.9. The van der Waals surface area contributed by atoms with Gasteiger partial charge in [0.15, 0.2) is 0 Å². The molecule has 0 spiro atoms. The quantitative estimate of drug-likeness (QED) is 0.170.